The highest BCUT2D eigenvalue weighted by Crippen LogP contribution is 2.37. The lowest BCUT2D eigenvalue weighted by molar-refractivity contribution is 0.0233. The van der Waals surface area contributed by atoms with Gasteiger partial charge in [0.25, 0.3) is 0 Å². The molecule has 0 aliphatic carbocycles. The van der Waals surface area contributed by atoms with Crippen molar-refractivity contribution in [3.63, 3.8) is 0 Å². The van der Waals surface area contributed by atoms with E-state index in [9.17, 15) is 22.0 Å². The fourth-order valence-corrected chi connectivity index (χ4v) is 5.55. The van der Waals surface area contributed by atoms with E-state index < -0.39 is 38.7 Å². The molecule has 10 heteroatoms. The third-order valence-corrected chi connectivity index (χ3v) is 7.57. The van der Waals surface area contributed by atoms with Crippen molar-refractivity contribution in [1.82, 2.24) is 4.90 Å². The summed E-state index contributed by atoms with van der Waals surface area (Å²) in [5.41, 5.74) is -0.329. The Hall–Kier alpha value is -2.23. The minimum atomic E-state index is -4.17. The van der Waals surface area contributed by atoms with Crippen LogP contribution in [0.3, 0.4) is 0 Å². The number of hydrogen-bond acceptors (Lipinski definition) is 5. The normalized spacial score (nSPS) is 16.6. The van der Waals surface area contributed by atoms with Gasteiger partial charge in [0.2, 0.25) is 0 Å². The Labute approximate surface area is 184 Å². The predicted molar refractivity (Wildman–Crippen MR) is 111 cm³/mol. The number of rotatable bonds is 6. The van der Waals surface area contributed by atoms with Crippen LogP contribution in [0.2, 0.25) is 5.02 Å². The van der Waals surface area contributed by atoms with Crippen molar-refractivity contribution in [3.05, 3.63) is 64.7 Å². The van der Waals surface area contributed by atoms with E-state index in [1.54, 1.807) is 0 Å². The maximum atomic E-state index is 14.6. The molecule has 2 atom stereocenters. The van der Waals surface area contributed by atoms with E-state index in [4.69, 9.17) is 21.1 Å². The Morgan fingerprint density at radius 2 is 1.81 bits per heavy atom. The molecule has 168 valence electrons. The number of nitrogens with zero attached hydrogens (tertiary/aromatic N) is 1. The van der Waals surface area contributed by atoms with Crippen molar-refractivity contribution in [2.45, 2.75) is 17.1 Å². The van der Waals surface area contributed by atoms with E-state index in [1.807, 2.05) is 0 Å². The fourth-order valence-electron chi connectivity index (χ4n) is 3.41. The van der Waals surface area contributed by atoms with Gasteiger partial charge in [-0.3, -0.25) is 0 Å². The molecule has 3 rings (SSSR count). The highest BCUT2D eigenvalue weighted by atomic mass is 35.5. The number of hydrogen-bond donors (Lipinski definition) is 0. The molecule has 0 radical (unpaired) electrons. The maximum Gasteiger partial charge on any atom is 0.409 e. The number of benzene rings is 2. The second-order valence-electron chi connectivity index (χ2n) is 7.24. The zero-order valence-electron chi connectivity index (χ0n) is 16.8. The summed E-state index contributed by atoms with van der Waals surface area (Å²) >= 11 is 5.85. The van der Waals surface area contributed by atoms with Gasteiger partial charge in [-0.1, -0.05) is 18.5 Å². The number of morpholine rings is 1. The van der Waals surface area contributed by atoms with Crippen LogP contribution in [0.25, 0.3) is 0 Å². The summed E-state index contributed by atoms with van der Waals surface area (Å²) in [4.78, 5) is 13.6. The summed E-state index contributed by atoms with van der Waals surface area (Å²) in [6.07, 6.45) is -0.613. The van der Waals surface area contributed by atoms with E-state index in [0.29, 0.717) is 31.3 Å². The minimum Gasteiger partial charge on any atom is -0.449 e. The molecule has 0 aromatic heterocycles. The van der Waals surface area contributed by atoms with Crippen molar-refractivity contribution in [1.29, 1.82) is 0 Å². The average molecular weight is 474 g/mol. The highest BCUT2D eigenvalue weighted by molar-refractivity contribution is 7.91. The summed E-state index contributed by atoms with van der Waals surface area (Å²) in [6, 6.07) is 8.04. The second-order valence-corrected chi connectivity index (χ2v) is 9.74. The summed E-state index contributed by atoms with van der Waals surface area (Å²) in [5.74, 6) is -2.51. The van der Waals surface area contributed by atoms with Crippen LogP contribution in [-0.2, 0) is 19.3 Å². The van der Waals surface area contributed by atoms with Crippen LogP contribution in [0.5, 0.6) is 0 Å². The van der Waals surface area contributed by atoms with Crippen molar-refractivity contribution < 1.29 is 31.5 Å². The molecular weight excluding hydrogens is 452 g/mol. The van der Waals surface area contributed by atoms with Gasteiger partial charge >= 0.3 is 6.09 Å². The Morgan fingerprint density at radius 3 is 2.45 bits per heavy atom. The maximum absolute atomic E-state index is 14.6. The van der Waals surface area contributed by atoms with Crippen LogP contribution >= 0.6 is 11.6 Å². The summed E-state index contributed by atoms with van der Waals surface area (Å²) in [6.45, 7) is 2.69. The van der Waals surface area contributed by atoms with Crippen molar-refractivity contribution >= 4 is 27.5 Å². The van der Waals surface area contributed by atoms with Gasteiger partial charge in [-0.25, -0.2) is 22.0 Å². The van der Waals surface area contributed by atoms with Crippen LogP contribution < -0.4 is 0 Å². The van der Waals surface area contributed by atoms with E-state index >= 15 is 0 Å². The lowest BCUT2D eigenvalue weighted by Gasteiger charge is -2.28. The van der Waals surface area contributed by atoms with Crippen molar-refractivity contribution in [2.24, 2.45) is 5.92 Å². The number of ether oxygens (including phenoxy) is 2. The first kappa shape index (κ1) is 23.4. The number of amides is 1. The van der Waals surface area contributed by atoms with Gasteiger partial charge in [0, 0.05) is 29.6 Å². The van der Waals surface area contributed by atoms with Gasteiger partial charge in [0.15, 0.2) is 9.84 Å². The molecule has 2 aromatic carbocycles. The molecule has 1 aliphatic rings. The van der Waals surface area contributed by atoms with E-state index in [2.05, 4.69) is 0 Å². The van der Waals surface area contributed by atoms with Crippen LogP contribution in [0.1, 0.15) is 17.7 Å². The zero-order valence-corrected chi connectivity index (χ0v) is 18.3. The number of sulfone groups is 1. The van der Waals surface area contributed by atoms with Crippen LogP contribution in [0.4, 0.5) is 13.6 Å². The molecule has 31 heavy (non-hydrogen) atoms. The van der Waals surface area contributed by atoms with E-state index in [1.165, 1.54) is 36.1 Å². The largest absolute Gasteiger partial charge is 0.449 e. The minimum absolute atomic E-state index is 0.100. The Kier molecular flexibility index (Phi) is 7.51. The molecule has 0 N–H and O–H groups in total. The van der Waals surface area contributed by atoms with Gasteiger partial charge < -0.3 is 14.4 Å². The van der Waals surface area contributed by atoms with Crippen molar-refractivity contribution in [2.75, 3.05) is 32.9 Å². The summed E-state index contributed by atoms with van der Waals surface area (Å²) in [7, 11) is -4.17. The first-order valence-corrected chi connectivity index (χ1v) is 11.6. The molecule has 0 spiro atoms. The summed E-state index contributed by atoms with van der Waals surface area (Å²) in [5, 5.41) is -1.15. The summed E-state index contributed by atoms with van der Waals surface area (Å²) < 4.78 is 65.8. The lowest BCUT2D eigenvalue weighted by Crippen LogP contribution is -2.41. The molecule has 0 bridgehead atoms. The third kappa shape index (κ3) is 5.53. The molecule has 6 nitrogen and oxygen atoms in total. The average Bonchev–Trinajstić information content (AvgIpc) is 2.75. The Balaban J connectivity index is 1.91. The quantitative estimate of drug-likeness (QED) is 0.627. The number of carbonyl (C=O) groups excluding carboxylic acids is 1. The van der Waals surface area contributed by atoms with Crippen molar-refractivity contribution in [3.8, 4) is 0 Å². The Bertz CT molecular complexity index is 1030. The number of carbonyl (C=O) groups is 1. The molecule has 1 saturated heterocycles. The predicted octanol–water partition coefficient (Wildman–Crippen LogP) is 4.24. The second kappa shape index (κ2) is 9.93. The monoisotopic (exact) mass is 473 g/mol. The van der Waals surface area contributed by atoms with Gasteiger partial charge in [-0.05, 0) is 42.5 Å². The van der Waals surface area contributed by atoms with Gasteiger partial charge in [0.1, 0.15) is 11.6 Å². The smallest absolute Gasteiger partial charge is 0.409 e. The molecule has 1 amide bonds. The van der Waals surface area contributed by atoms with Crippen LogP contribution in [0.15, 0.2) is 47.4 Å². The fraction of sp³-hybridized carbons (Fsp3) is 0.381. The molecule has 1 heterocycles. The molecule has 0 saturated carbocycles. The van der Waals surface area contributed by atoms with Gasteiger partial charge in [-0.15, -0.1) is 0 Å². The molecule has 0 unspecified atom stereocenters. The SMILES string of the molecule is C[C@H](COC(=O)N1CCOCC1)[C@@H](c1cc(F)ccc1F)S(=O)(=O)c1ccc(Cl)cc1. The lowest BCUT2D eigenvalue weighted by atomic mass is 10.0. The molecular formula is C21H22ClF2NO5S. The third-order valence-electron chi connectivity index (χ3n) is 5.00. The topological polar surface area (TPSA) is 72.9 Å². The van der Waals surface area contributed by atoms with Gasteiger partial charge in [0.05, 0.1) is 30.0 Å². The van der Waals surface area contributed by atoms with Crippen LogP contribution in [-0.4, -0.2) is 52.3 Å². The standard InChI is InChI=1S/C21H22ClF2NO5S/c1-14(13-30-21(26)25-8-10-29-11-9-25)20(18-12-16(23)4-7-19(18)24)31(27,28)17-5-2-15(22)3-6-17/h2-7,12,14,20H,8-11,13H2,1H3/t14-,20+/m1/s1. The molecule has 1 fully saturated rings. The van der Waals surface area contributed by atoms with Gasteiger partial charge in [-0.2, -0.15) is 0 Å². The first-order chi connectivity index (χ1) is 14.7. The zero-order chi connectivity index (χ0) is 22.6. The van der Waals surface area contributed by atoms with Crippen LogP contribution in [0, 0.1) is 17.6 Å². The van der Waals surface area contributed by atoms with E-state index in [0.717, 1.165) is 18.2 Å². The highest BCUT2D eigenvalue weighted by Gasteiger charge is 2.37. The number of halogens is 3. The molecule has 2 aromatic rings. The Morgan fingerprint density at radius 1 is 1.16 bits per heavy atom. The first-order valence-electron chi connectivity index (χ1n) is 9.64. The van der Waals surface area contributed by atoms with E-state index in [-0.39, 0.29) is 17.1 Å². The molecule has 1 aliphatic heterocycles.